The van der Waals surface area contributed by atoms with Gasteiger partial charge in [0, 0.05) is 50.5 Å². The third-order valence-electron chi connectivity index (χ3n) is 5.42. The molecule has 1 unspecified atom stereocenters. The van der Waals surface area contributed by atoms with Crippen LogP contribution in [-0.4, -0.2) is 54.7 Å². The Morgan fingerprint density at radius 2 is 1.82 bits per heavy atom. The first kappa shape index (κ1) is 20.5. The Morgan fingerprint density at radius 1 is 1.11 bits per heavy atom. The van der Waals surface area contributed by atoms with Gasteiger partial charge in [0.25, 0.3) is 0 Å². The molecule has 0 aliphatic carbocycles. The van der Waals surface area contributed by atoms with Crippen LogP contribution in [0.4, 0.5) is 16.2 Å². The molecule has 1 saturated heterocycles. The van der Waals surface area contributed by atoms with E-state index < -0.39 is 5.60 Å². The second kappa shape index (κ2) is 7.64. The van der Waals surface area contributed by atoms with E-state index in [1.54, 1.807) is 6.92 Å². The van der Waals surface area contributed by atoms with Crippen molar-refractivity contribution in [1.82, 2.24) is 4.90 Å². The topological polar surface area (TPSA) is 53.1 Å². The smallest absolute Gasteiger partial charge is 0.410 e. The summed E-state index contributed by atoms with van der Waals surface area (Å²) in [6, 6.07) is 6.47. The Morgan fingerprint density at radius 3 is 2.43 bits per heavy atom. The molecule has 28 heavy (non-hydrogen) atoms. The third-order valence-corrected chi connectivity index (χ3v) is 5.42. The minimum absolute atomic E-state index is 0.0762. The fourth-order valence-electron chi connectivity index (χ4n) is 4.13. The van der Waals surface area contributed by atoms with E-state index >= 15 is 0 Å². The molecular weight excluding hydrogens is 354 g/mol. The molecular formula is C22H33N3O3. The zero-order chi connectivity index (χ0) is 20.6. The average Bonchev–Trinajstić information content (AvgIpc) is 2.58. The maximum absolute atomic E-state index is 12.4. The molecule has 2 heterocycles. The lowest BCUT2D eigenvalue weighted by molar-refractivity contribution is -0.116. The lowest BCUT2D eigenvalue weighted by Gasteiger charge is -2.41. The molecule has 6 nitrogen and oxygen atoms in total. The number of amides is 2. The summed E-state index contributed by atoms with van der Waals surface area (Å²) in [6.07, 6.45) is 0.747. The van der Waals surface area contributed by atoms with Gasteiger partial charge in [-0.1, -0.05) is 6.92 Å². The molecule has 2 atom stereocenters. The van der Waals surface area contributed by atoms with Gasteiger partial charge < -0.3 is 19.4 Å². The fraction of sp³-hybridized carbons (Fsp3) is 0.636. The number of rotatable bonds is 1. The van der Waals surface area contributed by atoms with E-state index in [-0.39, 0.29) is 18.0 Å². The minimum atomic E-state index is -0.480. The number of carbonyl (C=O) groups is 2. The van der Waals surface area contributed by atoms with Crippen LogP contribution in [0.2, 0.25) is 0 Å². The summed E-state index contributed by atoms with van der Waals surface area (Å²) in [5, 5.41) is 0. The molecule has 154 valence electrons. The summed E-state index contributed by atoms with van der Waals surface area (Å²) >= 11 is 0. The molecule has 0 radical (unpaired) electrons. The molecule has 1 fully saturated rings. The first-order chi connectivity index (χ1) is 13.0. The van der Waals surface area contributed by atoms with Crippen LogP contribution < -0.4 is 9.80 Å². The van der Waals surface area contributed by atoms with Gasteiger partial charge in [-0.25, -0.2) is 4.79 Å². The fourth-order valence-corrected chi connectivity index (χ4v) is 4.13. The summed E-state index contributed by atoms with van der Waals surface area (Å²) in [7, 11) is 0. The molecule has 2 aliphatic heterocycles. The van der Waals surface area contributed by atoms with Crippen molar-refractivity contribution in [3.63, 3.8) is 0 Å². The summed E-state index contributed by atoms with van der Waals surface area (Å²) in [5.41, 5.74) is 2.95. The normalized spacial score (nSPS) is 22.7. The summed E-state index contributed by atoms with van der Waals surface area (Å²) in [6.45, 7) is 14.5. The number of carbonyl (C=O) groups excluding carboxylic acids is 2. The van der Waals surface area contributed by atoms with Gasteiger partial charge in [-0.15, -0.1) is 0 Å². The second-order valence-corrected chi connectivity index (χ2v) is 9.22. The minimum Gasteiger partial charge on any atom is -0.444 e. The van der Waals surface area contributed by atoms with E-state index in [1.165, 1.54) is 5.56 Å². The molecule has 0 N–H and O–H groups in total. The van der Waals surface area contributed by atoms with E-state index in [0.29, 0.717) is 12.5 Å². The molecule has 1 aromatic carbocycles. The van der Waals surface area contributed by atoms with Gasteiger partial charge in [0.15, 0.2) is 0 Å². The molecule has 1 aromatic rings. The molecule has 0 saturated carbocycles. The van der Waals surface area contributed by atoms with Crippen LogP contribution in [0.1, 0.15) is 47.1 Å². The van der Waals surface area contributed by atoms with E-state index in [0.717, 1.165) is 37.4 Å². The van der Waals surface area contributed by atoms with Gasteiger partial charge in [0.1, 0.15) is 5.60 Å². The Kier molecular flexibility index (Phi) is 5.60. The summed E-state index contributed by atoms with van der Waals surface area (Å²) in [5.74, 6) is 0.551. The van der Waals surface area contributed by atoms with Crippen molar-refractivity contribution in [3.8, 4) is 0 Å². The lowest BCUT2D eigenvalue weighted by atomic mass is 9.93. The number of hydrogen-bond acceptors (Lipinski definition) is 4. The van der Waals surface area contributed by atoms with Crippen molar-refractivity contribution in [1.29, 1.82) is 0 Å². The zero-order valence-electron chi connectivity index (χ0n) is 18.0. The molecule has 6 heteroatoms. The van der Waals surface area contributed by atoms with Gasteiger partial charge in [-0.2, -0.15) is 0 Å². The Balaban J connectivity index is 1.73. The van der Waals surface area contributed by atoms with Crippen LogP contribution in [0.5, 0.6) is 0 Å². The predicted octanol–water partition coefficient (Wildman–Crippen LogP) is 3.68. The number of ether oxygens (including phenoxy) is 1. The zero-order valence-corrected chi connectivity index (χ0v) is 18.0. The van der Waals surface area contributed by atoms with Crippen molar-refractivity contribution >= 4 is 23.4 Å². The van der Waals surface area contributed by atoms with Crippen LogP contribution >= 0.6 is 0 Å². The number of nitrogens with zero attached hydrogens (tertiary/aromatic N) is 3. The molecule has 0 spiro atoms. The molecule has 3 rings (SSSR count). The van der Waals surface area contributed by atoms with Crippen molar-refractivity contribution in [2.75, 3.05) is 36.0 Å². The summed E-state index contributed by atoms with van der Waals surface area (Å²) < 4.78 is 5.54. The largest absolute Gasteiger partial charge is 0.444 e. The first-order valence-corrected chi connectivity index (χ1v) is 10.2. The van der Waals surface area contributed by atoms with Gasteiger partial charge in [-0.05, 0) is 63.8 Å². The Labute approximate surface area is 168 Å². The Hall–Kier alpha value is -2.24. The molecule has 0 aromatic heterocycles. The predicted molar refractivity (Wildman–Crippen MR) is 112 cm³/mol. The van der Waals surface area contributed by atoms with Crippen LogP contribution in [0.3, 0.4) is 0 Å². The lowest BCUT2D eigenvalue weighted by Crippen LogP contribution is -2.55. The van der Waals surface area contributed by atoms with Gasteiger partial charge in [0.05, 0.1) is 0 Å². The average molecular weight is 388 g/mol. The van der Waals surface area contributed by atoms with Crippen molar-refractivity contribution in [3.05, 3.63) is 23.8 Å². The van der Waals surface area contributed by atoms with E-state index in [4.69, 9.17) is 4.74 Å². The van der Waals surface area contributed by atoms with Crippen LogP contribution in [0, 0.1) is 5.92 Å². The number of benzene rings is 1. The van der Waals surface area contributed by atoms with Gasteiger partial charge in [0.2, 0.25) is 5.91 Å². The molecule has 2 amide bonds. The van der Waals surface area contributed by atoms with Crippen LogP contribution in [0.15, 0.2) is 18.2 Å². The van der Waals surface area contributed by atoms with Crippen LogP contribution in [-0.2, 0) is 16.0 Å². The van der Waals surface area contributed by atoms with Gasteiger partial charge >= 0.3 is 6.09 Å². The van der Waals surface area contributed by atoms with E-state index in [9.17, 15) is 9.59 Å². The number of hydrogen-bond donors (Lipinski definition) is 0. The SMILES string of the molecule is CC(=O)N1C[C@H](C)Cc2cc(N3CCN(C(=O)OC(C)(C)C)C(C)C3)ccc21. The number of fused-ring (bicyclic) bond motifs is 1. The van der Waals surface area contributed by atoms with Crippen molar-refractivity contribution < 1.29 is 14.3 Å². The highest BCUT2D eigenvalue weighted by Crippen LogP contribution is 2.33. The number of piperazine rings is 1. The first-order valence-electron chi connectivity index (χ1n) is 10.2. The maximum atomic E-state index is 12.4. The van der Waals surface area contributed by atoms with E-state index in [1.807, 2.05) is 30.6 Å². The Bertz CT molecular complexity index is 756. The molecule has 0 bridgehead atoms. The maximum Gasteiger partial charge on any atom is 0.410 e. The highest BCUT2D eigenvalue weighted by Gasteiger charge is 2.32. The highest BCUT2D eigenvalue weighted by molar-refractivity contribution is 5.93. The van der Waals surface area contributed by atoms with Gasteiger partial charge in [-0.3, -0.25) is 4.79 Å². The quantitative estimate of drug-likeness (QED) is 0.738. The molecule has 2 aliphatic rings. The van der Waals surface area contributed by atoms with Crippen molar-refractivity contribution in [2.24, 2.45) is 5.92 Å². The summed E-state index contributed by atoms with van der Waals surface area (Å²) in [4.78, 5) is 30.5. The third kappa shape index (κ3) is 4.42. The second-order valence-electron chi connectivity index (χ2n) is 9.22. The monoisotopic (exact) mass is 387 g/mol. The highest BCUT2D eigenvalue weighted by atomic mass is 16.6. The van der Waals surface area contributed by atoms with Crippen LogP contribution in [0.25, 0.3) is 0 Å². The number of anilines is 2. The van der Waals surface area contributed by atoms with E-state index in [2.05, 4.69) is 36.9 Å². The van der Waals surface area contributed by atoms with Crippen molar-refractivity contribution in [2.45, 2.75) is 59.6 Å². The standard InChI is InChI=1S/C22H33N3O3/c1-15-11-18-12-19(7-8-20(18)25(13-15)17(3)26)23-9-10-24(16(2)14-23)21(27)28-22(4,5)6/h7-8,12,15-16H,9-11,13-14H2,1-6H3/t15-,16?/m1/s1.